The number of ether oxygens (including phenoxy) is 2. The molecule has 3 N–H and O–H groups in total. The third-order valence-corrected chi connectivity index (χ3v) is 7.45. The van der Waals surface area contributed by atoms with E-state index in [2.05, 4.69) is 14.8 Å². The minimum Gasteiger partial charge on any atom is -0.469 e. The number of urea groups is 1. The second-order valence-electron chi connectivity index (χ2n) is 8.09. The van der Waals surface area contributed by atoms with Gasteiger partial charge < -0.3 is 14.8 Å². The van der Waals surface area contributed by atoms with Crippen molar-refractivity contribution >= 4 is 21.6 Å². The number of nitrogens with one attached hydrogen (secondary N) is 1. The number of benzene rings is 1. The van der Waals surface area contributed by atoms with Gasteiger partial charge in [-0.3, -0.25) is 0 Å². The fraction of sp³-hybridized carbons (Fsp3) is 0.500. The topological polar surface area (TPSA) is 121 Å². The molecule has 0 fully saturated rings. The lowest BCUT2D eigenvalue weighted by Crippen LogP contribution is -2.22. The van der Waals surface area contributed by atoms with Crippen LogP contribution in [0.3, 0.4) is 0 Å². The summed E-state index contributed by atoms with van der Waals surface area (Å²) in [5, 5.41) is 12.9. The maximum absolute atomic E-state index is 14.8. The molecule has 0 unspecified atom stereocenters. The molecule has 166 valence electrons. The molecule has 0 spiro atoms. The summed E-state index contributed by atoms with van der Waals surface area (Å²) in [6.07, 6.45) is 5.41. The first-order valence-electron chi connectivity index (χ1n) is 10.3. The first-order chi connectivity index (χ1) is 14.9. The van der Waals surface area contributed by atoms with Gasteiger partial charge in [0.05, 0.1) is 19.3 Å². The molecule has 2 aromatic rings. The molecular weight excluding hydrogens is 425 g/mol. The van der Waals surface area contributed by atoms with Crippen molar-refractivity contribution in [3.63, 3.8) is 0 Å². The van der Waals surface area contributed by atoms with E-state index in [9.17, 15) is 13.4 Å². The summed E-state index contributed by atoms with van der Waals surface area (Å²) in [4.78, 5) is 12.8. The van der Waals surface area contributed by atoms with Crippen LogP contribution in [0, 0.1) is 5.82 Å². The van der Waals surface area contributed by atoms with Gasteiger partial charge in [-0.2, -0.15) is 5.10 Å². The number of halogens is 1. The fourth-order valence-corrected chi connectivity index (χ4v) is 5.80. The van der Waals surface area contributed by atoms with Crippen molar-refractivity contribution in [1.29, 1.82) is 0 Å². The van der Waals surface area contributed by atoms with Crippen molar-refractivity contribution in [3.05, 3.63) is 34.3 Å². The van der Waals surface area contributed by atoms with Crippen LogP contribution >= 0.6 is 0 Å². The van der Waals surface area contributed by atoms with E-state index in [0.717, 1.165) is 24.0 Å². The molecule has 3 aliphatic rings. The third-order valence-electron chi connectivity index (χ3n) is 6.10. The Morgan fingerprint density at radius 1 is 1.32 bits per heavy atom. The molecule has 2 amide bonds. The van der Waals surface area contributed by atoms with Crippen LogP contribution in [-0.2, 0) is 46.9 Å². The highest BCUT2D eigenvalue weighted by Gasteiger charge is 2.32. The Kier molecular flexibility index (Phi) is 4.98. The van der Waals surface area contributed by atoms with Crippen molar-refractivity contribution in [2.45, 2.75) is 56.1 Å². The van der Waals surface area contributed by atoms with Crippen LogP contribution in [0.15, 0.2) is 15.5 Å². The molecule has 1 aromatic carbocycles. The van der Waals surface area contributed by atoms with Crippen molar-refractivity contribution < 1.29 is 22.9 Å². The van der Waals surface area contributed by atoms with Gasteiger partial charge in [0.15, 0.2) is 9.92 Å². The van der Waals surface area contributed by atoms with E-state index in [4.69, 9.17) is 14.6 Å². The Morgan fingerprint density at radius 2 is 1.97 bits per heavy atom. The number of methoxy groups -OCH3 is 1. The second kappa shape index (κ2) is 7.57. The Hall–Kier alpha value is -2.50. The molecule has 0 radical (unpaired) electrons. The number of carbonyl (C=O) groups is 1. The summed E-state index contributed by atoms with van der Waals surface area (Å²) in [5.74, 6) is 0.102. The Labute approximate surface area is 179 Å². The molecule has 9 nitrogen and oxygen atoms in total. The number of aromatic nitrogens is 2. The van der Waals surface area contributed by atoms with Crippen LogP contribution in [0.2, 0.25) is 0 Å². The molecule has 0 bridgehead atoms. The lowest BCUT2D eigenvalue weighted by atomic mass is 9.98. The number of rotatable bonds is 4. The Balaban J connectivity index is 1.45. The summed E-state index contributed by atoms with van der Waals surface area (Å²) in [7, 11) is -2.04. The van der Waals surface area contributed by atoms with Gasteiger partial charge in [0.1, 0.15) is 16.8 Å². The zero-order valence-corrected chi connectivity index (χ0v) is 18.0. The van der Waals surface area contributed by atoms with E-state index in [0.29, 0.717) is 55.6 Å². The Morgan fingerprint density at radius 3 is 2.61 bits per heavy atom. The summed E-state index contributed by atoms with van der Waals surface area (Å²) in [5.41, 5.74) is 3.61. The SMILES string of the molecule is COC[C@@H]1Cn2ncc([S@@](N)(=O)=NC(=O)Nc3c4c(c(F)c5c3CCC5)CCC4)c2O1. The summed E-state index contributed by atoms with van der Waals surface area (Å²) in [6, 6.07) is -0.825. The molecule has 5 rings (SSSR count). The van der Waals surface area contributed by atoms with Gasteiger partial charge in [-0.25, -0.2) is 23.2 Å². The second-order valence-corrected chi connectivity index (χ2v) is 9.85. The van der Waals surface area contributed by atoms with Gasteiger partial charge >= 0.3 is 6.03 Å². The number of hydrogen-bond donors (Lipinski definition) is 2. The summed E-state index contributed by atoms with van der Waals surface area (Å²) < 4.78 is 44.0. The van der Waals surface area contributed by atoms with Crippen molar-refractivity contribution in [3.8, 4) is 5.88 Å². The van der Waals surface area contributed by atoms with Gasteiger partial charge in [0.25, 0.3) is 0 Å². The number of hydrogen-bond acceptors (Lipinski definition) is 5. The minimum absolute atomic E-state index is 0.0656. The molecule has 2 heterocycles. The first kappa shape index (κ1) is 20.4. The van der Waals surface area contributed by atoms with Crippen LogP contribution in [-0.4, -0.2) is 39.8 Å². The number of nitrogens with zero attached hydrogens (tertiary/aromatic N) is 3. The lowest BCUT2D eigenvalue weighted by Gasteiger charge is -2.16. The molecule has 31 heavy (non-hydrogen) atoms. The highest BCUT2D eigenvalue weighted by molar-refractivity contribution is 7.91. The highest BCUT2D eigenvalue weighted by atomic mass is 32.2. The highest BCUT2D eigenvalue weighted by Crippen LogP contribution is 2.41. The maximum atomic E-state index is 14.8. The predicted molar refractivity (Wildman–Crippen MR) is 111 cm³/mol. The molecule has 1 aromatic heterocycles. The van der Waals surface area contributed by atoms with Crippen LogP contribution in [0.1, 0.15) is 35.1 Å². The van der Waals surface area contributed by atoms with Crippen LogP contribution in [0.4, 0.5) is 14.9 Å². The zero-order valence-electron chi connectivity index (χ0n) is 17.1. The quantitative estimate of drug-likeness (QED) is 0.742. The van der Waals surface area contributed by atoms with E-state index >= 15 is 0 Å². The van der Waals surface area contributed by atoms with Gasteiger partial charge in [-0.05, 0) is 60.8 Å². The normalized spacial score (nSPS) is 20.5. The minimum atomic E-state index is -3.60. The molecule has 11 heteroatoms. The van der Waals surface area contributed by atoms with Gasteiger partial charge in [-0.1, -0.05) is 0 Å². The standard InChI is InChI=1S/C20H24FN5O4S/c1-29-10-11-9-26-19(30-11)16(8-23-26)31(22,28)25-20(27)24-18-14-6-2-4-12(14)17(21)13-5-3-7-15(13)18/h8,11H,2-7,9-10H2,1H3,(H3,22,24,25,27,28)/t11-,31-/m0/s1. The van der Waals surface area contributed by atoms with Crippen molar-refractivity contribution in [2.24, 2.45) is 9.50 Å². The van der Waals surface area contributed by atoms with E-state index in [1.807, 2.05) is 0 Å². The summed E-state index contributed by atoms with van der Waals surface area (Å²) >= 11 is 0. The lowest BCUT2D eigenvalue weighted by molar-refractivity contribution is 0.0920. The first-order valence-corrected chi connectivity index (χ1v) is 11.9. The zero-order chi connectivity index (χ0) is 21.8. The predicted octanol–water partition coefficient (Wildman–Crippen LogP) is 2.34. The molecule has 2 atom stereocenters. The van der Waals surface area contributed by atoms with Gasteiger partial charge in [0.2, 0.25) is 5.88 Å². The largest absolute Gasteiger partial charge is 0.469 e. The van der Waals surface area contributed by atoms with Crippen LogP contribution in [0.5, 0.6) is 5.88 Å². The molecular formula is C20H24FN5O4S. The maximum Gasteiger partial charge on any atom is 0.354 e. The number of fused-ring (bicyclic) bond motifs is 3. The smallest absolute Gasteiger partial charge is 0.354 e. The molecule has 1 aliphatic heterocycles. The van der Waals surface area contributed by atoms with E-state index in [-0.39, 0.29) is 22.7 Å². The van der Waals surface area contributed by atoms with Crippen molar-refractivity contribution in [1.82, 2.24) is 9.78 Å². The Bertz CT molecular complexity index is 1170. The van der Waals surface area contributed by atoms with E-state index < -0.39 is 15.9 Å². The molecule has 2 aliphatic carbocycles. The average molecular weight is 450 g/mol. The fourth-order valence-electron chi connectivity index (χ4n) is 4.81. The van der Waals surface area contributed by atoms with Crippen molar-refractivity contribution in [2.75, 3.05) is 19.0 Å². The van der Waals surface area contributed by atoms with E-state index in [1.54, 1.807) is 7.11 Å². The van der Waals surface area contributed by atoms with Crippen LogP contribution in [0.25, 0.3) is 0 Å². The monoisotopic (exact) mass is 449 g/mol. The van der Waals surface area contributed by atoms with Crippen LogP contribution < -0.4 is 15.2 Å². The number of carbonyl (C=O) groups excluding carboxylic acids is 1. The summed E-state index contributed by atoms with van der Waals surface area (Å²) in [6.45, 7) is 0.770. The van der Waals surface area contributed by atoms with E-state index in [1.165, 1.54) is 10.9 Å². The average Bonchev–Trinajstić information content (AvgIpc) is 3.47. The number of anilines is 1. The number of amides is 2. The van der Waals surface area contributed by atoms with Gasteiger partial charge in [0, 0.05) is 12.8 Å². The number of nitrogens with two attached hydrogens (primary N) is 1. The third kappa shape index (κ3) is 3.40. The molecule has 0 saturated carbocycles. The van der Waals surface area contributed by atoms with Gasteiger partial charge in [-0.15, -0.1) is 4.36 Å². The molecule has 0 saturated heterocycles.